The minimum absolute atomic E-state index is 0.128. The molecule has 6 heteroatoms. The summed E-state index contributed by atoms with van der Waals surface area (Å²) in [4.78, 5) is 2.01. The van der Waals surface area contributed by atoms with E-state index in [1.165, 1.54) is 6.26 Å². The van der Waals surface area contributed by atoms with E-state index in [9.17, 15) is 8.42 Å². The second-order valence-electron chi connectivity index (χ2n) is 4.39. The van der Waals surface area contributed by atoms with Crippen LogP contribution >= 0.6 is 0 Å². The lowest BCUT2D eigenvalue weighted by Crippen LogP contribution is -2.37. The van der Waals surface area contributed by atoms with Crippen LogP contribution in [0.3, 0.4) is 0 Å². The van der Waals surface area contributed by atoms with Crippen LogP contribution < -0.4 is 10.2 Å². The average Bonchev–Trinajstić information content (AvgIpc) is 2.34. The maximum atomic E-state index is 11.2. The summed E-state index contributed by atoms with van der Waals surface area (Å²) in [6.45, 7) is 1.99. The van der Waals surface area contributed by atoms with Gasteiger partial charge in [-0.15, -0.1) is 0 Å². The highest BCUT2D eigenvalue weighted by atomic mass is 32.2. The largest absolute Gasteiger partial charge is 0.382 e. The van der Waals surface area contributed by atoms with E-state index in [4.69, 9.17) is 5.26 Å². The molecule has 18 heavy (non-hydrogen) atoms. The third kappa shape index (κ3) is 2.93. The Morgan fingerprint density at radius 1 is 1.50 bits per heavy atom. The van der Waals surface area contributed by atoms with E-state index in [0.717, 1.165) is 24.5 Å². The highest BCUT2D eigenvalue weighted by Crippen LogP contribution is 2.29. The monoisotopic (exact) mass is 265 g/mol. The van der Waals surface area contributed by atoms with Crippen molar-refractivity contribution < 1.29 is 8.42 Å². The van der Waals surface area contributed by atoms with Crippen LogP contribution in [-0.2, 0) is 9.84 Å². The molecule has 1 heterocycles. The molecule has 0 aliphatic carbocycles. The number of sulfone groups is 1. The summed E-state index contributed by atoms with van der Waals surface area (Å²) >= 11 is 0. The van der Waals surface area contributed by atoms with Crippen molar-refractivity contribution >= 4 is 21.2 Å². The van der Waals surface area contributed by atoms with E-state index in [2.05, 4.69) is 11.4 Å². The number of hydrogen-bond donors (Lipinski definition) is 1. The van der Waals surface area contributed by atoms with Crippen molar-refractivity contribution in [3.8, 4) is 6.07 Å². The van der Waals surface area contributed by atoms with Crippen molar-refractivity contribution in [3.05, 3.63) is 23.8 Å². The van der Waals surface area contributed by atoms with Gasteiger partial charge in [0.15, 0.2) is 0 Å². The minimum Gasteiger partial charge on any atom is -0.382 e. The summed E-state index contributed by atoms with van der Waals surface area (Å²) in [7, 11) is -2.97. The zero-order valence-corrected chi connectivity index (χ0v) is 11.0. The Bertz CT molecular complexity index is 590. The molecule has 1 aromatic rings. The van der Waals surface area contributed by atoms with E-state index in [0.29, 0.717) is 12.1 Å². The SMILES string of the molecule is CS(=O)(=O)CCN1CCNc2ccc(C#N)cc21. The molecule has 0 amide bonds. The van der Waals surface area contributed by atoms with Gasteiger partial charge in [0.2, 0.25) is 0 Å². The lowest BCUT2D eigenvalue weighted by molar-refractivity contribution is 0.600. The Morgan fingerprint density at radius 3 is 2.94 bits per heavy atom. The molecule has 1 N–H and O–H groups in total. The highest BCUT2D eigenvalue weighted by molar-refractivity contribution is 7.90. The molecule has 0 unspecified atom stereocenters. The number of nitrogens with zero attached hydrogens (tertiary/aromatic N) is 2. The van der Waals surface area contributed by atoms with Gasteiger partial charge in [-0.05, 0) is 18.2 Å². The Hall–Kier alpha value is -1.74. The first-order chi connectivity index (χ1) is 8.49. The normalized spacial score (nSPS) is 14.6. The fourth-order valence-electron chi connectivity index (χ4n) is 1.97. The molecule has 96 valence electrons. The Kier molecular flexibility index (Phi) is 3.43. The molecule has 0 atom stereocenters. The van der Waals surface area contributed by atoms with E-state index in [1.54, 1.807) is 12.1 Å². The lowest BCUT2D eigenvalue weighted by Gasteiger charge is -2.32. The first-order valence-electron chi connectivity index (χ1n) is 5.70. The van der Waals surface area contributed by atoms with Crippen molar-refractivity contribution in [2.45, 2.75) is 0 Å². The Morgan fingerprint density at radius 2 is 2.28 bits per heavy atom. The van der Waals surface area contributed by atoms with Gasteiger partial charge in [-0.3, -0.25) is 0 Å². The topological polar surface area (TPSA) is 73.2 Å². The fourth-order valence-corrected chi connectivity index (χ4v) is 2.52. The van der Waals surface area contributed by atoms with Crippen LogP contribution in [0.15, 0.2) is 18.2 Å². The van der Waals surface area contributed by atoms with Gasteiger partial charge in [-0.1, -0.05) is 0 Å². The molecule has 0 saturated carbocycles. The number of nitriles is 1. The molecule has 1 aliphatic heterocycles. The zero-order chi connectivity index (χ0) is 13.2. The van der Waals surface area contributed by atoms with E-state index < -0.39 is 9.84 Å². The van der Waals surface area contributed by atoms with Gasteiger partial charge in [0.1, 0.15) is 9.84 Å². The molecule has 0 spiro atoms. The van der Waals surface area contributed by atoms with Gasteiger partial charge in [-0.2, -0.15) is 5.26 Å². The molecule has 1 aliphatic rings. The standard InChI is InChI=1S/C12H15N3O2S/c1-18(16,17)7-6-15-5-4-14-11-3-2-10(9-13)8-12(11)15/h2-3,8,14H,4-7H2,1H3. The van der Waals surface area contributed by atoms with Crippen LogP contribution in [0.4, 0.5) is 11.4 Å². The molecule has 2 rings (SSSR count). The lowest BCUT2D eigenvalue weighted by atomic mass is 10.1. The van der Waals surface area contributed by atoms with Gasteiger partial charge in [0, 0.05) is 25.9 Å². The van der Waals surface area contributed by atoms with Crippen molar-refractivity contribution in [1.29, 1.82) is 5.26 Å². The summed E-state index contributed by atoms with van der Waals surface area (Å²) < 4.78 is 22.4. The number of anilines is 2. The van der Waals surface area contributed by atoms with Crippen LogP contribution in [0.2, 0.25) is 0 Å². The number of hydrogen-bond acceptors (Lipinski definition) is 5. The Labute approximate surface area is 107 Å². The molecule has 0 aromatic heterocycles. The van der Waals surface area contributed by atoms with Crippen LogP contribution in [0.1, 0.15) is 5.56 Å². The zero-order valence-electron chi connectivity index (χ0n) is 10.2. The molecule has 5 nitrogen and oxygen atoms in total. The molecule has 0 fully saturated rings. The van der Waals surface area contributed by atoms with E-state index in [1.807, 2.05) is 11.0 Å². The van der Waals surface area contributed by atoms with Gasteiger partial charge < -0.3 is 10.2 Å². The molecule has 1 aromatic carbocycles. The highest BCUT2D eigenvalue weighted by Gasteiger charge is 2.18. The summed E-state index contributed by atoms with van der Waals surface area (Å²) in [5.74, 6) is 0.128. The average molecular weight is 265 g/mol. The van der Waals surface area contributed by atoms with Gasteiger partial charge in [-0.25, -0.2) is 8.42 Å². The molecule has 0 saturated heterocycles. The summed E-state index contributed by atoms with van der Waals surface area (Å²) in [6, 6.07) is 7.51. The van der Waals surface area contributed by atoms with Crippen LogP contribution in [0.5, 0.6) is 0 Å². The molecular weight excluding hydrogens is 250 g/mol. The van der Waals surface area contributed by atoms with Crippen molar-refractivity contribution in [3.63, 3.8) is 0 Å². The smallest absolute Gasteiger partial charge is 0.149 e. The quantitative estimate of drug-likeness (QED) is 0.876. The van der Waals surface area contributed by atoms with E-state index in [-0.39, 0.29) is 5.75 Å². The van der Waals surface area contributed by atoms with Crippen LogP contribution in [0.25, 0.3) is 0 Å². The summed E-state index contributed by atoms with van der Waals surface area (Å²) in [5, 5.41) is 12.1. The Balaban J connectivity index is 2.24. The number of nitrogens with one attached hydrogen (secondary N) is 1. The van der Waals surface area contributed by atoms with Gasteiger partial charge in [0.25, 0.3) is 0 Å². The predicted octanol–water partition coefficient (Wildman–Crippen LogP) is 0.835. The number of fused-ring (bicyclic) bond motifs is 1. The molecule has 0 radical (unpaired) electrons. The van der Waals surface area contributed by atoms with Crippen LogP contribution in [0, 0.1) is 11.3 Å². The van der Waals surface area contributed by atoms with Gasteiger partial charge >= 0.3 is 0 Å². The second kappa shape index (κ2) is 4.86. The second-order valence-corrected chi connectivity index (χ2v) is 6.65. The third-order valence-electron chi connectivity index (χ3n) is 2.90. The third-order valence-corrected chi connectivity index (χ3v) is 3.82. The molecular formula is C12H15N3O2S. The number of benzene rings is 1. The van der Waals surface area contributed by atoms with Crippen LogP contribution in [-0.4, -0.2) is 40.1 Å². The van der Waals surface area contributed by atoms with Crippen molar-refractivity contribution in [1.82, 2.24) is 0 Å². The predicted molar refractivity (Wildman–Crippen MR) is 71.6 cm³/mol. The van der Waals surface area contributed by atoms with E-state index >= 15 is 0 Å². The first kappa shape index (κ1) is 12.7. The van der Waals surface area contributed by atoms with Crippen molar-refractivity contribution in [2.75, 3.05) is 41.9 Å². The molecule has 0 bridgehead atoms. The maximum Gasteiger partial charge on any atom is 0.149 e. The summed E-state index contributed by atoms with van der Waals surface area (Å²) in [6.07, 6.45) is 1.24. The first-order valence-corrected chi connectivity index (χ1v) is 7.76. The number of rotatable bonds is 3. The maximum absolute atomic E-state index is 11.2. The van der Waals surface area contributed by atoms with Crippen molar-refractivity contribution in [2.24, 2.45) is 0 Å². The minimum atomic E-state index is -2.97. The summed E-state index contributed by atoms with van der Waals surface area (Å²) in [5.41, 5.74) is 2.44. The van der Waals surface area contributed by atoms with Gasteiger partial charge in [0.05, 0.1) is 28.8 Å². The fraction of sp³-hybridized carbons (Fsp3) is 0.417.